The lowest BCUT2D eigenvalue weighted by Crippen LogP contribution is -2.15. The number of hydrogen-bond donors (Lipinski definition) is 0. The van der Waals surface area contributed by atoms with Gasteiger partial charge in [-0.25, -0.2) is 0 Å². The Bertz CT molecular complexity index is 476. The number of fused-ring (bicyclic) bond motifs is 1. The second-order valence-corrected chi connectivity index (χ2v) is 3.70. The second kappa shape index (κ2) is 4.08. The van der Waals surface area contributed by atoms with Gasteiger partial charge in [-0.05, 0) is 17.7 Å². The minimum absolute atomic E-state index is 0.521. The molecule has 2 rings (SSSR count). The smallest absolute Gasteiger partial charge is 0.305 e. The van der Waals surface area contributed by atoms with E-state index in [1.165, 1.54) is 21.0 Å². The number of esters is 2. The number of hydrogen-bond acceptors (Lipinski definition) is 5. The van der Waals surface area contributed by atoms with Crippen molar-refractivity contribution >= 4 is 11.9 Å². The molecule has 0 atom stereocenters. The van der Waals surface area contributed by atoms with E-state index in [2.05, 4.69) is 0 Å². The zero-order valence-corrected chi connectivity index (χ0v) is 9.77. The van der Waals surface area contributed by atoms with Crippen molar-refractivity contribution < 1.29 is 23.8 Å². The van der Waals surface area contributed by atoms with Crippen LogP contribution in [0.1, 0.15) is 25.7 Å². The number of ether oxygens (including phenoxy) is 3. The molecule has 0 aromatic heterocycles. The van der Waals surface area contributed by atoms with Crippen LogP contribution in [0, 0.1) is 0 Å². The van der Waals surface area contributed by atoms with Crippen molar-refractivity contribution in [3.8, 4) is 16.9 Å². The van der Waals surface area contributed by atoms with Crippen molar-refractivity contribution in [1.29, 1.82) is 0 Å². The molecule has 0 heterocycles. The van der Waals surface area contributed by atoms with Gasteiger partial charge in [0, 0.05) is 19.4 Å². The molecule has 0 spiro atoms. The molecule has 5 heteroatoms. The van der Waals surface area contributed by atoms with Gasteiger partial charge >= 0.3 is 11.9 Å². The van der Waals surface area contributed by atoms with E-state index in [1.807, 2.05) is 6.07 Å². The highest BCUT2D eigenvalue weighted by atomic mass is 16.7. The summed E-state index contributed by atoms with van der Waals surface area (Å²) in [5, 5.41) is 0. The number of carbonyl (C=O) groups excluding carboxylic acids is 2. The standard InChI is InChI=1S/C12H12O5/c1-6(13)16-12(17-7(2)14)10-5-8-4-9(8)11(10)15-3/h4-5,12H,1-3H3. The SMILES string of the molecule is COc1c2cc-2cc1C(OC(C)=O)OC(C)=O. The molecule has 0 unspecified atom stereocenters. The quantitative estimate of drug-likeness (QED) is 0.598. The molecule has 0 N–H and O–H groups in total. The van der Waals surface area contributed by atoms with E-state index in [0.717, 1.165) is 11.1 Å². The first-order valence-corrected chi connectivity index (χ1v) is 5.09. The summed E-state index contributed by atoms with van der Waals surface area (Å²) in [6.07, 6.45) is -1.04. The lowest BCUT2D eigenvalue weighted by molar-refractivity contribution is -0.186. The molecule has 0 bridgehead atoms. The molecule has 2 aliphatic carbocycles. The van der Waals surface area contributed by atoms with Crippen LogP contribution in [0.5, 0.6) is 5.75 Å². The van der Waals surface area contributed by atoms with Gasteiger partial charge in [0.2, 0.25) is 0 Å². The Morgan fingerprint density at radius 2 is 1.71 bits per heavy atom. The molecule has 2 aliphatic rings. The Balaban J connectivity index is 2.26. The molecule has 0 aromatic carbocycles. The summed E-state index contributed by atoms with van der Waals surface area (Å²) >= 11 is 0. The summed E-state index contributed by atoms with van der Waals surface area (Å²) in [5.41, 5.74) is 2.54. The van der Waals surface area contributed by atoms with E-state index in [1.54, 1.807) is 6.07 Å². The average Bonchev–Trinajstić information content (AvgIpc) is 2.88. The summed E-state index contributed by atoms with van der Waals surface area (Å²) < 4.78 is 15.1. The number of rotatable bonds is 4. The van der Waals surface area contributed by atoms with E-state index >= 15 is 0 Å². The summed E-state index contributed by atoms with van der Waals surface area (Å²) in [6.45, 7) is 2.51. The minimum atomic E-state index is -1.04. The van der Waals surface area contributed by atoms with Gasteiger partial charge in [-0.2, -0.15) is 0 Å². The lowest BCUT2D eigenvalue weighted by atomic mass is 10.3. The Labute approximate surface area is 98.3 Å². The van der Waals surface area contributed by atoms with Crippen molar-refractivity contribution in [2.75, 3.05) is 7.11 Å². The van der Waals surface area contributed by atoms with Gasteiger partial charge in [-0.3, -0.25) is 9.59 Å². The lowest BCUT2D eigenvalue weighted by Gasteiger charge is -2.17. The van der Waals surface area contributed by atoms with Gasteiger partial charge in [-0.15, -0.1) is 0 Å². The fourth-order valence-electron chi connectivity index (χ4n) is 1.68. The van der Waals surface area contributed by atoms with E-state index in [4.69, 9.17) is 14.2 Å². The average molecular weight is 236 g/mol. The topological polar surface area (TPSA) is 61.8 Å². The van der Waals surface area contributed by atoms with Crippen LogP contribution in [0.3, 0.4) is 0 Å². The van der Waals surface area contributed by atoms with Crippen molar-refractivity contribution in [2.45, 2.75) is 20.1 Å². The third-order valence-electron chi connectivity index (χ3n) is 2.35. The Kier molecular flexibility index (Phi) is 2.75. The maximum absolute atomic E-state index is 11.0. The van der Waals surface area contributed by atoms with Crippen LogP contribution < -0.4 is 4.74 Å². The fraction of sp³-hybridized carbons (Fsp3) is 0.333. The Morgan fingerprint density at radius 3 is 2.18 bits per heavy atom. The Hall–Kier alpha value is -2.04. The fourth-order valence-corrected chi connectivity index (χ4v) is 1.68. The van der Waals surface area contributed by atoms with Crippen LogP contribution in [-0.4, -0.2) is 19.0 Å². The monoisotopic (exact) mass is 236 g/mol. The third-order valence-corrected chi connectivity index (χ3v) is 2.35. The molecule has 0 aromatic rings. The van der Waals surface area contributed by atoms with Crippen LogP contribution in [0.2, 0.25) is 0 Å². The predicted octanol–water partition coefficient (Wildman–Crippen LogP) is 1.80. The first-order valence-electron chi connectivity index (χ1n) is 5.09. The summed E-state index contributed by atoms with van der Waals surface area (Å²) in [4.78, 5) is 21.9. The molecule has 17 heavy (non-hydrogen) atoms. The van der Waals surface area contributed by atoms with Crippen molar-refractivity contribution in [2.24, 2.45) is 0 Å². The van der Waals surface area contributed by atoms with Gasteiger partial charge in [-0.1, -0.05) is 0 Å². The number of carbonyl (C=O) groups is 2. The molecule has 0 saturated carbocycles. The molecule has 90 valence electrons. The van der Waals surface area contributed by atoms with Crippen LogP contribution in [-0.2, 0) is 19.1 Å². The molecular formula is C12H12O5. The van der Waals surface area contributed by atoms with Gasteiger partial charge in [0.25, 0.3) is 6.29 Å². The van der Waals surface area contributed by atoms with Crippen molar-refractivity contribution in [3.63, 3.8) is 0 Å². The number of methoxy groups -OCH3 is 1. The highest BCUT2D eigenvalue weighted by Gasteiger charge is 2.31. The van der Waals surface area contributed by atoms with Gasteiger partial charge in [0.05, 0.1) is 12.7 Å². The molecule has 0 radical (unpaired) electrons. The van der Waals surface area contributed by atoms with E-state index in [9.17, 15) is 9.59 Å². The van der Waals surface area contributed by atoms with Crippen molar-refractivity contribution in [1.82, 2.24) is 0 Å². The zero-order valence-electron chi connectivity index (χ0n) is 9.77. The minimum Gasteiger partial charge on any atom is -0.496 e. The van der Waals surface area contributed by atoms with E-state index < -0.39 is 18.2 Å². The van der Waals surface area contributed by atoms with Crippen LogP contribution in [0.4, 0.5) is 0 Å². The predicted molar refractivity (Wildman–Crippen MR) is 58.3 cm³/mol. The first kappa shape index (κ1) is 11.4. The van der Waals surface area contributed by atoms with Gasteiger partial charge in [0.1, 0.15) is 5.75 Å². The summed E-state index contributed by atoms with van der Waals surface area (Å²) in [6, 6.07) is 3.71. The van der Waals surface area contributed by atoms with Crippen LogP contribution in [0.15, 0.2) is 12.1 Å². The Morgan fingerprint density at radius 1 is 1.12 bits per heavy atom. The molecule has 5 nitrogen and oxygen atoms in total. The van der Waals surface area contributed by atoms with E-state index in [0.29, 0.717) is 11.3 Å². The largest absolute Gasteiger partial charge is 0.496 e. The van der Waals surface area contributed by atoms with Gasteiger partial charge < -0.3 is 14.2 Å². The summed E-state index contributed by atoms with van der Waals surface area (Å²) in [5.74, 6) is -0.452. The van der Waals surface area contributed by atoms with Gasteiger partial charge in [0.15, 0.2) is 0 Å². The second-order valence-electron chi connectivity index (χ2n) is 3.70. The van der Waals surface area contributed by atoms with Crippen molar-refractivity contribution in [3.05, 3.63) is 17.7 Å². The maximum Gasteiger partial charge on any atom is 0.305 e. The molecule has 0 fully saturated rings. The summed E-state index contributed by atoms with van der Waals surface area (Å²) in [7, 11) is 1.52. The van der Waals surface area contributed by atoms with Crippen LogP contribution >= 0.6 is 0 Å². The molecule has 0 amide bonds. The first-order chi connectivity index (χ1) is 8.02. The highest BCUT2D eigenvalue weighted by Crippen LogP contribution is 2.49. The molecular weight excluding hydrogens is 224 g/mol. The molecule has 0 aliphatic heterocycles. The van der Waals surface area contributed by atoms with Crippen LogP contribution in [0.25, 0.3) is 11.1 Å². The van der Waals surface area contributed by atoms with E-state index in [-0.39, 0.29) is 0 Å². The normalized spacial score (nSPS) is 11.1. The highest BCUT2D eigenvalue weighted by molar-refractivity contribution is 5.90. The maximum atomic E-state index is 11.0. The zero-order chi connectivity index (χ0) is 12.6. The third kappa shape index (κ3) is 2.22. The number of benzene rings is 1. The molecule has 0 saturated heterocycles.